The summed E-state index contributed by atoms with van der Waals surface area (Å²) in [5.41, 5.74) is 17.8. The topological polar surface area (TPSA) is 167 Å². The van der Waals surface area contributed by atoms with Crippen LogP contribution in [0.5, 0.6) is 34.9 Å². The number of sulfone groups is 1. The molecule has 0 saturated heterocycles. The molecule has 18 rings (SSSR count). The number of furan rings is 1. The van der Waals surface area contributed by atoms with Crippen LogP contribution in [0, 0.1) is 59.7 Å². The molecule has 0 radical (unpaired) electrons. The Balaban J connectivity index is 0.000000137. The molecule has 0 atom stereocenters. The third kappa shape index (κ3) is 15.9. The van der Waals surface area contributed by atoms with Crippen LogP contribution in [0.4, 0.5) is 0 Å². The summed E-state index contributed by atoms with van der Waals surface area (Å²) >= 11 is 6.67. The zero-order valence-corrected chi connectivity index (χ0v) is 68.3. The van der Waals surface area contributed by atoms with Gasteiger partial charge in [0.05, 0.1) is 26.9 Å². The molecule has 9 heterocycles. The number of halogens is 3. The van der Waals surface area contributed by atoms with Gasteiger partial charge >= 0.3 is 84.6 Å². The van der Waals surface area contributed by atoms with Crippen molar-refractivity contribution in [3.8, 4) is 96.5 Å². The van der Waals surface area contributed by atoms with E-state index in [1.165, 1.54) is 25.7 Å². The molecule has 0 bridgehead atoms. The summed E-state index contributed by atoms with van der Waals surface area (Å²) in [5, 5.41) is 19.3. The van der Waals surface area contributed by atoms with Crippen molar-refractivity contribution in [1.29, 1.82) is 0 Å². The third-order valence-electron chi connectivity index (χ3n) is 17.7. The summed E-state index contributed by atoms with van der Waals surface area (Å²) in [7, 11) is 10.3. The van der Waals surface area contributed by atoms with Gasteiger partial charge in [0.25, 0.3) is 0 Å². The minimum atomic E-state index is -3.50. The van der Waals surface area contributed by atoms with Gasteiger partial charge in [-0.25, -0.2) is 23.4 Å². The van der Waals surface area contributed by atoms with Crippen molar-refractivity contribution in [1.82, 2.24) is 44.3 Å². The molecule has 0 unspecified atom stereocenters. The Bertz CT molecular complexity index is 5910. The van der Waals surface area contributed by atoms with Crippen molar-refractivity contribution in [3.05, 3.63) is 308 Å². The summed E-state index contributed by atoms with van der Waals surface area (Å²) in [6.45, 7) is 12.2. The zero-order chi connectivity index (χ0) is 74.9. The monoisotopic (exact) mass is 2040 g/mol. The predicted molar refractivity (Wildman–Crippen MR) is 413 cm³/mol. The molecule has 1 aliphatic rings. The van der Waals surface area contributed by atoms with Gasteiger partial charge in [-0.15, -0.1) is 65.9 Å². The first kappa shape index (κ1) is 75.6. The molecule has 0 N–H and O–H groups in total. The predicted octanol–water partition coefficient (Wildman–Crippen LogP) is 22.6. The molecule has 0 spiro atoms. The van der Waals surface area contributed by atoms with E-state index < -0.39 is 9.84 Å². The van der Waals surface area contributed by atoms with Crippen molar-refractivity contribution in [2.45, 2.75) is 51.3 Å². The van der Waals surface area contributed by atoms with Gasteiger partial charge < -0.3 is 18.6 Å². The van der Waals surface area contributed by atoms with Gasteiger partial charge in [-0.2, -0.15) is 33.5 Å². The van der Waals surface area contributed by atoms with Crippen LogP contribution in [0.1, 0.15) is 34.2 Å². The van der Waals surface area contributed by atoms with E-state index in [9.17, 15) is 8.42 Å². The maximum absolute atomic E-state index is 13.0. The molecule has 17 aromatic rings. The molecule has 540 valence electrons. The average Bonchev–Trinajstić information content (AvgIpc) is 1.59. The van der Waals surface area contributed by atoms with Gasteiger partial charge in [-0.3, -0.25) is 14.0 Å². The van der Waals surface area contributed by atoms with Gasteiger partial charge in [-0.05, 0) is 148 Å². The second kappa shape index (κ2) is 34.1. The van der Waals surface area contributed by atoms with Crippen LogP contribution in [0.15, 0.2) is 269 Å². The number of aryl methyl sites for hydroxylation is 3. The average molecular weight is 2050 g/mol. The Morgan fingerprint density at radius 3 is 1.26 bits per heavy atom. The second-order valence-corrected chi connectivity index (χ2v) is 27.2. The number of pyridine rings is 3. The Hall–Kier alpha value is -9.64. The van der Waals surface area contributed by atoms with Gasteiger partial charge in [0, 0.05) is 130 Å². The number of aromatic nitrogens is 9. The number of thiophene rings is 1. The molecular weight excluding hydrogens is 1990 g/mol. The number of hydrogen-bond donors (Lipinski definition) is 0. The molecule has 0 fully saturated rings. The fraction of sp³-hybridized carbons (Fsp3) is 0.0714. The van der Waals surface area contributed by atoms with Crippen LogP contribution in [-0.4, -0.2) is 52.7 Å². The van der Waals surface area contributed by atoms with E-state index in [2.05, 4.69) is 143 Å². The van der Waals surface area contributed by atoms with Crippen LogP contribution in [0.3, 0.4) is 0 Å². The summed E-state index contributed by atoms with van der Waals surface area (Å²) in [4.78, 5) is 13.4. The Kier molecular flexibility index (Phi) is 24.1. The van der Waals surface area contributed by atoms with E-state index in [0.29, 0.717) is 44.7 Å². The number of para-hydroxylation sites is 1. The third-order valence-corrected chi connectivity index (χ3v) is 20.8. The van der Waals surface area contributed by atoms with Gasteiger partial charge in [0.2, 0.25) is 27.5 Å². The number of fused-ring (bicyclic) bond motifs is 9. The van der Waals surface area contributed by atoms with Gasteiger partial charge in [-0.1, -0.05) is 91.0 Å². The summed E-state index contributed by atoms with van der Waals surface area (Å²) in [6, 6.07) is 86.1. The van der Waals surface area contributed by atoms with E-state index in [1.807, 2.05) is 198 Å². The van der Waals surface area contributed by atoms with Crippen LogP contribution < -0.4 is 14.2 Å². The van der Waals surface area contributed by atoms with E-state index >= 15 is 0 Å². The number of nitrogens with zero attached hydrogens (tertiary/aromatic N) is 9. The molecule has 107 heavy (non-hydrogen) atoms. The van der Waals surface area contributed by atoms with Crippen molar-refractivity contribution in [2.24, 2.45) is 0 Å². The quantitative estimate of drug-likeness (QED) is 0.106. The fourth-order valence-electron chi connectivity index (χ4n) is 13.2. The van der Waals surface area contributed by atoms with Crippen molar-refractivity contribution >= 4 is 91.5 Å². The van der Waals surface area contributed by atoms with Crippen LogP contribution in [-0.2, 0) is 66.2 Å². The molecular formula is C84H60Cl3N9O6Pt3S2. The first-order chi connectivity index (χ1) is 52.3. The maximum atomic E-state index is 13.0. The zero-order valence-electron chi connectivity index (χ0n) is 57.6. The van der Waals surface area contributed by atoms with Gasteiger partial charge in [0.1, 0.15) is 11.2 Å². The van der Waals surface area contributed by atoms with E-state index in [4.69, 9.17) is 33.9 Å². The molecule has 1 aliphatic heterocycles. The number of benzene rings is 9. The Labute approximate surface area is 668 Å². The number of rotatable bonds is 12. The molecule has 0 amide bonds. The summed E-state index contributed by atoms with van der Waals surface area (Å²) in [6.07, 6.45) is 5.08. The van der Waals surface area contributed by atoms with E-state index in [0.717, 1.165) is 112 Å². The second-order valence-electron chi connectivity index (χ2n) is 24.2. The first-order valence-corrected chi connectivity index (χ1v) is 43.7. The van der Waals surface area contributed by atoms with E-state index in [-0.39, 0.29) is 0 Å². The standard InChI is InChI=1S/C28H20N3O3S.C28H20N3O2.C28H20N3OS.3ClH.3Pt/c1-18-28(20-13-14-26-24(16-20)23-10-3-4-11-25(23)35(26,32)33)19(2)31(30-18)21-8-7-9-22(17-21)34-27-12-5-6-15-29-27;2*1-18-28(20-13-14-26-24(16-20)23-10-3-4-11-25(23)33-26)19(2)31(30-18)21-8-7-9-22(17-21)32-27-12-5-6-15-29-27;;;;;;/h3-16H,1-2H3;2*3-16H,1-2H3;3*1H;;;/q3*-1;;;;3*+2/p-3. The SMILES string of the molecule is Cc1nn(-c2[c-]c(Oc3ccccn3)ccc2)c(C)c1-c1ccc2c(c1)-c1ccccc1S2(=O)=O.Cc1nn(-c2[c-]c(Oc3ccccn3)ccc2)c(C)c1-c1ccc2oc3ccccc3c2c1.Cc1nn(-c2[c-]c(Oc3ccccn3)ccc2)c(C)c1-c1ccc2sc3ccccc3c2c1.[Cl][Pt+].[Cl][Pt+].[Cl][Pt+]. The molecule has 23 heteroatoms. The molecule has 8 aromatic heterocycles. The summed E-state index contributed by atoms with van der Waals surface area (Å²) in [5.74, 6) is 3.29. The van der Waals surface area contributed by atoms with Crippen LogP contribution in [0.2, 0.25) is 0 Å². The Morgan fingerprint density at radius 1 is 0.374 bits per heavy atom. The normalized spacial score (nSPS) is 11.5. The van der Waals surface area contributed by atoms with Gasteiger partial charge in [0.15, 0.2) is 0 Å². The molecule has 0 aliphatic carbocycles. The number of hydrogen-bond acceptors (Lipinski definition) is 13. The fourth-order valence-corrected chi connectivity index (χ4v) is 16.0. The van der Waals surface area contributed by atoms with Crippen molar-refractivity contribution in [3.63, 3.8) is 0 Å². The van der Waals surface area contributed by atoms with Crippen LogP contribution in [0.25, 0.3) is 104 Å². The van der Waals surface area contributed by atoms with Crippen molar-refractivity contribution in [2.75, 3.05) is 0 Å². The minimum absolute atomic E-state index is 0.345. The Morgan fingerprint density at radius 2 is 0.766 bits per heavy atom. The number of ether oxygens (including phenoxy) is 3. The van der Waals surface area contributed by atoms with E-state index in [1.54, 1.807) is 99.2 Å². The van der Waals surface area contributed by atoms with Crippen LogP contribution >= 0.6 is 39.6 Å². The molecule has 9 aromatic carbocycles. The molecule has 0 saturated carbocycles. The molecule has 15 nitrogen and oxygen atoms in total. The summed E-state index contributed by atoms with van der Waals surface area (Å²) < 4.78 is 57.8. The first-order valence-electron chi connectivity index (χ1n) is 33.0. The van der Waals surface area contributed by atoms with Crippen molar-refractivity contribution < 1.29 is 83.4 Å².